The van der Waals surface area contributed by atoms with Crippen molar-refractivity contribution in [3.05, 3.63) is 29.8 Å². The lowest BCUT2D eigenvalue weighted by molar-refractivity contribution is -0.297. The SMILES string of the molecule is COc1ccc(CO[C@@H]2O[C@H](C(=O)O)[C@@H](O)[C@H](O)[C@H]2O)cc1. The van der Waals surface area contributed by atoms with E-state index < -0.39 is 36.7 Å². The minimum absolute atomic E-state index is 0.0286. The summed E-state index contributed by atoms with van der Waals surface area (Å²) in [6, 6.07) is 6.90. The summed E-state index contributed by atoms with van der Waals surface area (Å²) in [4.78, 5) is 11.0. The highest BCUT2D eigenvalue weighted by Crippen LogP contribution is 2.23. The molecule has 0 unspecified atom stereocenters. The Bertz CT molecular complexity index is 502. The fourth-order valence-electron chi connectivity index (χ4n) is 2.09. The summed E-state index contributed by atoms with van der Waals surface area (Å²) in [7, 11) is 1.54. The molecule has 8 heteroatoms. The van der Waals surface area contributed by atoms with Crippen molar-refractivity contribution in [2.45, 2.75) is 37.3 Å². The summed E-state index contributed by atoms with van der Waals surface area (Å²) in [5, 5.41) is 37.9. The van der Waals surface area contributed by atoms with Gasteiger partial charge in [-0.05, 0) is 17.7 Å². The first-order valence-corrected chi connectivity index (χ1v) is 6.61. The Labute approximate surface area is 126 Å². The highest BCUT2D eigenvalue weighted by molar-refractivity contribution is 5.73. The summed E-state index contributed by atoms with van der Waals surface area (Å²) in [6.07, 6.45) is -7.98. The second kappa shape index (κ2) is 7.03. The van der Waals surface area contributed by atoms with Crippen molar-refractivity contribution in [2.75, 3.05) is 7.11 Å². The first kappa shape index (κ1) is 16.7. The number of rotatable bonds is 5. The van der Waals surface area contributed by atoms with E-state index in [-0.39, 0.29) is 6.61 Å². The maximum atomic E-state index is 11.0. The van der Waals surface area contributed by atoms with Gasteiger partial charge in [0, 0.05) is 0 Å². The number of hydrogen-bond donors (Lipinski definition) is 4. The van der Waals surface area contributed by atoms with Crippen molar-refractivity contribution in [2.24, 2.45) is 0 Å². The molecule has 1 fully saturated rings. The quantitative estimate of drug-likeness (QED) is 0.551. The van der Waals surface area contributed by atoms with Crippen LogP contribution in [-0.2, 0) is 20.9 Å². The minimum atomic E-state index is -1.73. The lowest BCUT2D eigenvalue weighted by atomic mass is 9.99. The van der Waals surface area contributed by atoms with Crippen LogP contribution in [0.4, 0.5) is 0 Å². The standard InChI is InChI=1S/C14H18O8/c1-20-8-4-2-7(3-5-8)6-21-14-11(17)9(15)10(16)12(22-14)13(18)19/h2-5,9-12,14-17H,6H2,1H3,(H,18,19)/t9-,10-,11+,12-,14+/m0/s1. The van der Waals surface area contributed by atoms with Crippen LogP contribution in [0.1, 0.15) is 5.56 Å². The molecule has 0 saturated carbocycles. The van der Waals surface area contributed by atoms with Gasteiger partial charge in [0.1, 0.15) is 24.1 Å². The molecular weight excluding hydrogens is 296 g/mol. The number of hydrogen-bond acceptors (Lipinski definition) is 7. The molecule has 5 atom stereocenters. The number of carboxylic acids is 1. The van der Waals surface area contributed by atoms with Crippen LogP contribution in [0, 0.1) is 0 Å². The van der Waals surface area contributed by atoms with E-state index in [0.29, 0.717) is 5.75 Å². The number of methoxy groups -OCH3 is 1. The van der Waals surface area contributed by atoms with E-state index in [1.807, 2.05) is 0 Å². The maximum absolute atomic E-state index is 11.0. The predicted octanol–water partition coefficient (Wildman–Crippen LogP) is -0.896. The van der Waals surface area contributed by atoms with E-state index >= 15 is 0 Å². The number of aliphatic hydroxyl groups is 3. The smallest absolute Gasteiger partial charge is 0.335 e. The largest absolute Gasteiger partial charge is 0.497 e. The monoisotopic (exact) mass is 314 g/mol. The molecule has 0 spiro atoms. The Morgan fingerprint density at radius 3 is 2.32 bits per heavy atom. The highest BCUT2D eigenvalue weighted by atomic mass is 16.7. The molecule has 1 aromatic carbocycles. The van der Waals surface area contributed by atoms with E-state index in [0.717, 1.165) is 5.56 Å². The van der Waals surface area contributed by atoms with Gasteiger partial charge in [-0.3, -0.25) is 0 Å². The molecule has 0 aromatic heterocycles. The third-order valence-electron chi connectivity index (χ3n) is 3.39. The van der Waals surface area contributed by atoms with Crippen LogP contribution in [0.2, 0.25) is 0 Å². The number of ether oxygens (including phenoxy) is 3. The van der Waals surface area contributed by atoms with Gasteiger partial charge in [-0.2, -0.15) is 0 Å². The Balaban J connectivity index is 1.99. The van der Waals surface area contributed by atoms with Crippen LogP contribution in [0.25, 0.3) is 0 Å². The molecule has 8 nitrogen and oxygen atoms in total. The van der Waals surface area contributed by atoms with Crippen LogP contribution in [0.3, 0.4) is 0 Å². The van der Waals surface area contributed by atoms with Crippen LogP contribution < -0.4 is 4.74 Å². The Hall–Kier alpha value is -1.71. The van der Waals surface area contributed by atoms with Crippen molar-refractivity contribution in [1.82, 2.24) is 0 Å². The van der Waals surface area contributed by atoms with E-state index in [1.165, 1.54) is 7.11 Å². The predicted molar refractivity (Wildman–Crippen MR) is 72.1 cm³/mol. The first-order chi connectivity index (χ1) is 10.4. The molecule has 0 radical (unpaired) electrons. The van der Waals surface area contributed by atoms with Crippen molar-refractivity contribution < 1.29 is 39.4 Å². The first-order valence-electron chi connectivity index (χ1n) is 6.61. The Morgan fingerprint density at radius 2 is 1.77 bits per heavy atom. The average molecular weight is 314 g/mol. The molecule has 1 saturated heterocycles. The van der Waals surface area contributed by atoms with Gasteiger partial charge in [0.05, 0.1) is 13.7 Å². The number of aliphatic hydroxyl groups excluding tert-OH is 3. The number of aliphatic carboxylic acids is 1. The number of carboxylic acid groups (broad SMARTS) is 1. The van der Waals surface area contributed by atoms with Crippen molar-refractivity contribution in [1.29, 1.82) is 0 Å². The molecule has 0 bridgehead atoms. The van der Waals surface area contributed by atoms with Crippen molar-refractivity contribution >= 4 is 5.97 Å². The van der Waals surface area contributed by atoms with Gasteiger partial charge in [0.15, 0.2) is 12.4 Å². The fourth-order valence-corrected chi connectivity index (χ4v) is 2.09. The zero-order valence-corrected chi connectivity index (χ0v) is 11.8. The van der Waals surface area contributed by atoms with E-state index in [4.69, 9.17) is 19.3 Å². The molecule has 2 rings (SSSR count). The van der Waals surface area contributed by atoms with Gasteiger partial charge in [-0.15, -0.1) is 0 Å². The number of benzene rings is 1. The third-order valence-corrected chi connectivity index (χ3v) is 3.39. The molecule has 122 valence electrons. The number of carbonyl (C=O) groups is 1. The van der Waals surface area contributed by atoms with Crippen LogP contribution >= 0.6 is 0 Å². The van der Waals surface area contributed by atoms with Crippen molar-refractivity contribution in [3.8, 4) is 5.75 Å². The topological polar surface area (TPSA) is 126 Å². The molecule has 1 aromatic rings. The van der Waals surface area contributed by atoms with Gasteiger partial charge in [0.25, 0.3) is 0 Å². The van der Waals surface area contributed by atoms with Gasteiger partial charge in [-0.25, -0.2) is 4.79 Å². The summed E-state index contributed by atoms with van der Waals surface area (Å²) in [5.74, 6) is -0.779. The normalized spacial score (nSPS) is 31.7. The molecule has 22 heavy (non-hydrogen) atoms. The molecule has 0 aliphatic carbocycles. The van der Waals surface area contributed by atoms with Gasteiger partial charge in [-0.1, -0.05) is 12.1 Å². The molecular formula is C14H18O8. The molecule has 1 aliphatic heterocycles. The van der Waals surface area contributed by atoms with E-state index in [1.54, 1.807) is 24.3 Å². The zero-order chi connectivity index (χ0) is 16.3. The summed E-state index contributed by atoms with van der Waals surface area (Å²) in [6.45, 7) is 0.0286. The molecule has 0 amide bonds. The minimum Gasteiger partial charge on any atom is -0.497 e. The maximum Gasteiger partial charge on any atom is 0.335 e. The van der Waals surface area contributed by atoms with E-state index in [2.05, 4.69) is 0 Å². The third kappa shape index (κ3) is 3.54. The van der Waals surface area contributed by atoms with Gasteiger partial charge < -0.3 is 34.6 Å². The van der Waals surface area contributed by atoms with Gasteiger partial charge in [0.2, 0.25) is 0 Å². The zero-order valence-electron chi connectivity index (χ0n) is 11.8. The Kier molecular flexibility index (Phi) is 5.33. The highest BCUT2D eigenvalue weighted by Gasteiger charge is 2.47. The van der Waals surface area contributed by atoms with Gasteiger partial charge >= 0.3 is 5.97 Å². The molecule has 1 heterocycles. The van der Waals surface area contributed by atoms with Crippen LogP contribution in [0.15, 0.2) is 24.3 Å². The second-order valence-corrected chi connectivity index (χ2v) is 4.89. The summed E-state index contributed by atoms with van der Waals surface area (Å²) < 4.78 is 15.3. The Morgan fingerprint density at radius 1 is 1.14 bits per heavy atom. The summed E-state index contributed by atoms with van der Waals surface area (Å²) in [5.41, 5.74) is 0.740. The lowest BCUT2D eigenvalue weighted by Crippen LogP contribution is -2.60. The molecule has 4 N–H and O–H groups in total. The van der Waals surface area contributed by atoms with Crippen LogP contribution in [-0.4, -0.2) is 64.2 Å². The lowest BCUT2D eigenvalue weighted by Gasteiger charge is -2.38. The average Bonchev–Trinajstić information content (AvgIpc) is 2.52. The van der Waals surface area contributed by atoms with E-state index in [9.17, 15) is 20.1 Å². The van der Waals surface area contributed by atoms with Crippen LogP contribution in [0.5, 0.6) is 5.75 Å². The van der Waals surface area contributed by atoms with Crippen molar-refractivity contribution in [3.63, 3.8) is 0 Å². The second-order valence-electron chi connectivity index (χ2n) is 4.89. The molecule has 1 aliphatic rings. The fraction of sp³-hybridized carbons (Fsp3) is 0.500. The summed E-state index contributed by atoms with van der Waals surface area (Å²) >= 11 is 0.